The lowest BCUT2D eigenvalue weighted by Crippen LogP contribution is -2.29. The fourth-order valence-corrected chi connectivity index (χ4v) is 4.85. The van der Waals surface area contributed by atoms with Crippen molar-refractivity contribution >= 4 is 44.9 Å². The average molecular weight is 479 g/mol. The lowest BCUT2D eigenvalue weighted by molar-refractivity contribution is 0.0964. The fourth-order valence-electron chi connectivity index (χ4n) is 4.60. The predicted octanol–water partition coefficient (Wildman–Crippen LogP) is 5.52. The number of carbonyl (C=O) groups excluding carboxylic acids is 1. The zero-order valence-corrected chi connectivity index (χ0v) is 20.3. The molecule has 2 heterocycles. The summed E-state index contributed by atoms with van der Waals surface area (Å²) in [6.45, 7) is 1.90. The van der Waals surface area contributed by atoms with Crippen molar-refractivity contribution in [1.29, 1.82) is 0 Å². The Labute approximate surface area is 203 Å². The van der Waals surface area contributed by atoms with Crippen LogP contribution in [0.1, 0.15) is 22.0 Å². The van der Waals surface area contributed by atoms with E-state index >= 15 is 0 Å². The molecule has 0 saturated heterocycles. The summed E-state index contributed by atoms with van der Waals surface area (Å²) in [7, 11) is 5.65. The van der Waals surface area contributed by atoms with Crippen molar-refractivity contribution in [2.75, 3.05) is 51.7 Å². The van der Waals surface area contributed by atoms with Gasteiger partial charge in [-0.1, -0.05) is 24.3 Å². The number of anilines is 1. The van der Waals surface area contributed by atoms with Gasteiger partial charge in [-0.2, -0.15) is 0 Å². The molecule has 0 bridgehead atoms. The second-order valence-corrected chi connectivity index (χ2v) is 9.09. The number of benzene rings is 3. The van der Waals surface area contributed by atoms with Crippen LogP contribution in [0.2, 0.25) is 0 Å². The van der Waals surface area contributed by atoms with E-state index in [1.165, 1.54) is 0 Å². The minimum atomic E-state index is -0.197. The number of likely N-dealkylation sites (N-methyl/N-ethyl adjacent to an activating group) is 1. The van der Waals surface area contributed by atoms with E-state index in [4.69, 9.17) is 25.5 Å². The molecule has 4 aromatic rings. The van der Waals surface area contributed by atoms with Crippen LogP contribution in [-0.4, -0.2) is 57.6 Å². The third-order valence-electron chi connectivity index (χ3n) is 6.29. The molecule has 1 aromatic heterocycles. The van der Waals surface area contributed by atoms with Crippen molar-refractivity contribution in [3.8, 4) is 11.5 Å². The van der Waals surface area contributed by atoms with Gasteiger partial charge in [0.2, 0.25) is 0 Å². The molecule has 1 atom stereocenters. The number of alkyl halides is 1. The van der Waals surface area contributed by atoms with Crippen LogP contribution in [0.25, 0.3) is 21.7 Å². The van der Waals surface area contributed by atoms with Crippen molar-refractivity contribution < 1.29 is 18.7 Å². The van der Waals surface area contributed by atoms with Crippen LogP contribution in [0.3, 0.4) is 0 Å². The predicted molar refractivity (Wildman–Crippen MR) is 136 cm³/mol. The van der Waals surface area contributed by atoms with Crippen molar-refractivity contribution in [1.82, 2.24) is 4.90 Å². The Morgan fingerprint density at radius 2 is 1.94 bits per heavy atom. The van der Waals surface area contributed by atoms with Gasteiger partial charge in [-0.05, 0) is 49.3 Å². The molecule has 0 N–H and O–H groups in total. The number of carbonyl (C=O) groups is 1. The monoisotopic (exact) mass is 478 g/mol. The zero-order valence-electron chi connectivity index (χ0n) is 19.5. The Hall–Kier alpha value is -3.22. The van der Waals surface area contributed by atoms with Crippen molar-refractivity contribution in [2.45, 2.75) is 5.92 Å². The SMILES string of the molecule is COc1cc2c(c3ccccc13)[C@H](CCl)CN2C(=O)c1cc2cc(OCCN(C)C)ccc2o1. The molecule has 0 saturated carbocycles. The molecule has 5 rings (SSSR count). The molecule has 6 nitrogen and oxygen atoms in total. The van der Waals surface area contributed by atoms with E-state index in [1.807, 2.05) is 56.6 Å². The Morgan fingerprint density at radius 3 is 2.68 bits per heavy atom. The maximum atomic E-state index is 13.6. The molecule has 1 aliphatic rings. The third kappa shape index (κ3) is 3.97. The molecule has 0 radical (unpaired) electrons. The highest BCUT2D eigenvalue weighted by Gasteiger charge is 2.36. The molecule has 7 heteroatoms. The largest absolute Gasteiger partial charge is 0.496 e. The molecule has 3 aromatic carbocycles. The highest BCUT2D eigenvalue weighted by molar-refractivity contribution is 6.19. The lowest BCUT2D eigenvalue weighted by atomic mass is 9.95. The molecular weight excluding hydrogens is 452 g/mol. The summed E-state index contributed by atoms with van der Waals surface area (Å²) in [5.74, 6) is 2.01. The number of nitrogens with zero attached hydrogens (tertiary/aromatic N) is 2. The van der Waals surface area contributed by atoms with E-state index in [2.05, 4.69) is 11.0 Å². The first-order valence-electron chi connectivity index (χ1n) is 11.3. The highest BCUT2D eigenvalue weighted by Crippen LogP contribution is 2.46. The summed E-state index contributed by atoms with van der Waals surface area (Å²) in [5, 5.41) is 2.90. The fraction of sp³-hybridized carbons (Fsp3) is 0.296. The number of halogens is 1. The molecule has 0 aliphatic carbocycles. The summed E-state index contributed by atoms with van der Waals surface area (Å²) in [6, 6.07) is 17.4. The summed E-state index contributed by atoms with van der Waals surface area (Å²) in [4.78, 5) is 17.4. The Morgan fingerprint density at radius 1 is 1.15 bits per heavy atom. The van der Waals surface area contributed by atoms with Gasteiger partial charge in [-0.3, -0.25) is 4.79 Å². The topological polar surface area (TPSA) is 55.1 Å². The van der Waals surface area contributed by atoms with Crippen LogP contribution >= 0.6 is 11.6 Å². The quantitative estimate of drug-likeness (QED) is 0.327. The van der Waals surface area contributed by atoms with E-state index in [0.29, 0.717) is 24.6 Å². The first-order chi connectivity index (χ1) is 16.5. The maximum Gasteiger partial charge on any atom is 0.294 e. The van der Waals surface area contributed by atoms with Gasteiger partial charge in [0, 0.05) is 41.7 Å². The number of hydrogen-bond donors (Lipinski definition) is 0. The third-order valence-corrected chi connectivity index (χ3v) is 6.66. The molecule has 1 aliphatic heterocycles. The number of ether oxygens (including phenoxy) is 2. The standard InChI is InChI=1S/C27H27ClN2O4/c1-29(2)10-11-33-19-8-9-23-17(12-19)13-25(34-23)27(31)30-16-18(15-28)26-21-7-5-4-6-20(21)24(32-3)14-22(26)30/h4-9,12-14,18H,10-11,15-16H2,1-3H3/t18-/m1/s1. The number of rotatable bonds is 7. The number of furan rings is 1. The van der Waals surface area contributed by atoms with Crippen LogP contribution in [0.15, 0.2) is 59.0 Å². The number of fused-ring (bicyclic) bond motifs is 4. The van der Waals surface area contributed by atoms with E-state index < -0.39 is 0 Å². The smallest absolute Gasteiger partial charge is 0.294 e. The molecule has 0 fully saturated rings. The number of amides is 1. The van der Waals surface area contributed by atoms with E-state index in [-0.39, 0.29) is 17.6 Å². The molecule has 1 amide bonds. The molecule has 0 unspecified atom stereocenters. The van der Waals surface area contributed by atoms with Crippen LogP contribution in [-0.2, 0) is 0 Å². The molecule has 0 spiro atoms. The Bertz CT molecular complexity index is 1360. The minimum Gasteiger partial charge on any atom is -0.496 e. The van der Waals surface area contributed by atoms with Gasteiger partial charge >= 0.3 is 0 Å². The number of hydrogen-bond acceptors (Lipinski definition) is 5. The zero-order chi connectivity index (χ0) is 23.8. The Kier molecular flexibility index (Phi) is 6.11. The lowest BCUT2D eigenvalue weighted by Gasteiger charge is -2.17. The van der Waals surface area contributed by atoms with E-state index in [9.17, 15) is 4.79 Å². The van der Waals surface area contributed by atoms with Gasteiger partial charge in [-0.15, -0.1) is 11.6 Å². The van der Waals surface area contributed by atoms with E-state index in [1.54, 1.807) is 18.1 Å². The first-order valence-corrected chi connectivity index (χ1v) is 11.8. The summed E-state index contributed by atoms with van der Waals surface area (Å²) in [6.07, 6.45) is 0. The highest BCUT2D eigenvalue weighted by atomic mass is 35.5. The van der Waals surface area contributed by atoms with Gasteiger partial charge in [-0.25, -0.2) is 0 Å². The van der Waals surface area contributed by atoms with Crippen molar-refractivity contribution in [2.24, 2.45) is 0 Å². The van der Waals surface area contributed by atoms with E-state index in [0.717, 1.165) is 45.5 Å². The molecule has 34 heavy (non-hydrogen) atoms. The second kappa shape index (κ2) is 9.20. The van der Waals surface area contributed by atoms with Gasteiger partial charge < -0.3 is 23.7 Å². The summed E-state index contributed by atoms with van der Waals surface area (Å²) in [5.41, 5.74) is 2.54. The van der Waals surface area contributed by atoms with Gasteiger partial charge in [0.05, 0.1) is 12.8 Å². The number of methoxy groups -OCH3 is 1. The van der Waals surface area contributed by atoms with Crippen LogP contribution in [0.5, 0.6) is 11.5 Å². The van der Waals surface area contributed by atoms with Crippen molar-refractivity contribution in [3.05, 3.63) is 65.9 Å². The van der Waals surface area contributed by atoms with Crippen LogP contribution in [0, 0.1) is 0 Å². The second-order valence-electron chi connectivity index (χ2n) is 8.79. The van der Waals surface area contributed by atoms with Crippen molar-refractivity contribution in [3.63, 3.8) is 0 Å². The normalized spacial score (nSPS) is 15.3. The minimum absolute atomic E-state index is 0.0255. The molecular formula is C27H27ClN2O4. The van der Waals surface area contributed by atoms with Gasteiger partial charge in [0.1, 0.15) is 23.7 Å². The summed E-state index contributed by atoms with van der Waals surface area (Å²) < 4.78 is 17.4. The molecule has 176 valence electrons. The first kappa shape index (κ1) is 22.6. The van der Waals surface area contributed by atoms with Gasteiger partial charge in [0.25, 0.3) is 5.91 Å². The maximum absolute atomic E-state index is 13.6. The van der Waals surface area contributed by atoms with Gasteiger partial charge in [0.15, 0.2) is 5.76 Å². The average Bonchev–Trinajstić information content (AvgIpc) is 3.44. The summed E-state index contributed by atoms with van der Waals surface area (Å²) >= 11 is 6.36. The Balaban J connectivity index is 1.49. The van der Waals surface area contributed by atoms with Crippen LogP contribution < -0.4 is 14.4 Å². The van der Waals surface area contributed by atoms with Crippen LogP contribution in [0.4, 0.5) is 5.69 Å².